The molecule has 4 aromatic rings. The summed E-state index contributed by atoms with van der Waals surface area (Å²) in [6.07, 6.45) is 7.08. The van der Waals surface area contributed by atoms with Crippen LogP contribution in [0.2, 0.25) is 0 Å². The maximum atomic E-state index is 12.0. The molecule has 0 saturated carbocycles. The Bertz CT molecular complexity index is 1070. The standard InChI is InChI=1S/C20H17N5O2/c1-14-4-2-11-25-12-17(24-19(14)25)15-5-7-16(8-6-15)23-18(26)13-27-20-21-9-3-10-22-20/h2-12H,13H2,1H3,(H,23,26). The molecule has 0 fully saturated rings. The third-order valence-corrected chi connectivity index (χ3v) is 4.02. The summed E-state index contributed by atoms with van der Waals surface area (Å²) in [7, 11) is 0. The summed E-state index contributed by atoms with van der Waals surface area (Å²) in [5, 5.41) is 2.78. The molecule has 1 amide bonds. The topological polar surface area (TPSA) is 81.4 Å². The molecule has 1 N–H and O–H groups in total. The normalized spacial score (nSPS) is 10.7. The zero-order chi connectivity index (χ0) is 18.6. The van der Waals surface area contributed by atoms with Crippen molar-refractivity contribution in [1.82, 2.24) is 19.4 Å². The minimum atomic E-state index is -0.279. The van der Waals surface area contributed by atoms with Gasteiger partial charge in [-0.05, 0) is 36.8 Å². The minimum absolute atomic E-state index is 0.155. The summed E-state index contributed by atoms with van der Waals surface area (Å²) in [5.74, 6) is -0.279. The number of aryl methyl sites for hydroxylation is 1. The van der Waals surface area contributed by atoms with Crippen molar-refractivity contribution in [3.8, 4) is 17.3 Å². The lowest BCUT2D eigenvalue weighted by Gasteiger charge is -2.06. The van der Waals surface area contributed by atoms with Crippen LogP contribution in [-0.4, -0.2) is 31.9 Å². The minimum Gasteiger partial charge on any atom is -0.453 e. The van der Waals surface area contributed by atoms with Crippen molar-refractivity contribution in [3.05, 3.63) is 72.8 Å². The third-order valence-electron chi connectivity index (χ3n) is 4.02. The molecule has 1 aromatic carbocycles. The van der Waals surface area contributed by atoms with Crippen LogP contribution in [0.1, 0.15) is 5.56 Å². The molecule has 134 valence electrons. The summed E-state index contributed by atoms with van der Waals surface area (Å²) >= 11 is 0. The van der Waals surface area contributed by atoms with Gasteiger partial charge in [-0.1, -0.05) is 18.2 Å². The number of fused-ring (bicyclic) bond motifs is 1. The van der Waals surface area contributed by atoms with Gasteiger partial charge in [0.2, 0.25) is 0 Å². The van der Waals surface area contributed by atoms with E-state index in [0.717, 1.165) is 22.5 Å². The first-order chi connectivity index (χ1) is 13.2. The van der Waals surface area contributed by atoms with Crippen molar-refractivity contribution in [3.63, 3.8) is 0 Å². The lowest BCUT2D eigenvalue weighted by Crippen LogP contribution is -2.20. The van der Waals surface area contributed by atoms with Crippen LogP contribution in [0.3, 0.4) is 0 Å². The van der Waals surface area contributed by atoms with Crippen LogP contribution in [0.15, 0.2) is 67.3 Å². The predicted octanol–water partition coefficient (Wildman–Crippen LogP) is 3.12. The molecule has 27 heavy (non-hydrogen) atoms. The zero-order valence-corrected chi connectivity index (χ0v) is 14.7. The van der Waals surface area contributed by atoms with E-state index < -0.39 is 0 Å². The van der Waals surface area contributed by atoms with Gasteiger partial charge in [0.15, 0.2) is 6.61 Å². The highest BCUT2D eigenvalue weighted by Crippen LogP contribution is 2.22. The van der Waals surface area contributed by atoms with E-state index in [4.69, 9.17) is 4.74 Å². The molecule has 0 aliphatic heterocycles. The van der Waals surface area contributed by atoms with Gasteiger partial charge in [0.1, 0.15) is 5.65 Å². The number of rotatable bonds is 5. The average Bonchev–Trinajstić information content (AvgIpc) is 3.14. The Morgan fingerprint density at radius 3 is 2.63 bits per heavy atom. The number of pyridine rings is 1. The molecular formula is C20H17N5O2. The lowest BCUT2D eigenvalue weighted by molar-refractivity contribution is -0.118. The monoisotopic (exact) mass is 359 g/mol. The Labute approximate surface area is 155 Å². The highest BCUT2D eigenvalue weighted by atomic mass is 16.5. The van der Waals surface area contributed by atoms with Gasteiger partial charge in [-0.2, -0.15) is 0 Å². The second-order valence-electron chi connectivity index (χ2n) is 5.99. The molecule has 0 spiro atoms. The number of benzene rings is 1. The summed E-state index contributed by atoms with van der Waals surface area (Å²) in [5.41, 5.74) is 4.60. The Morgan fingerprint density at radius 2 is 1.89 bits per heavy atom. The molecule has 0 atom stereocenters. The number of carbonyl (C=O) groups is 1. The third kappa shape index (κ3) is 3.77. The van der Waals surface area contributed by atoms with E-state index in [9.17, 15) is 4.79 Å². The van der Waals surface area contributed by atoms with E-state index in [2.05, 4.69) is 20.3 Å². The first-order valence-electron chi connectivity index (χ1n) is 8.43. The maximum absolute atomic E-state index is 12.0. The quantitative estimate of drug-likeness (QED) is 0.592. The van der Waals surface area contributed by atoms with Crippen LogP contribution >= 0.6 is 0 Å². The summed E-state index contributed by atoms with van der Waals surface area (Å²) in [6, 6.07) is 13.4. The van der Waals surface area contributed by atoms with Crippen LogP contribution in [-0.2, 0) is 4.79 Å². The SMILES string of the molecule is Cc1cccn2cc(-c3ccc(NC(=O)COc4ncccn4)cc3)nc12. The molecule has 0 aliphatic rings. The van der Waals surface area contributed by atoms with E-state index in [1.165, 1.54) is 0 Å². The largest absolute Gasteiger partial charge is 0.453 e. The van der Waals surface area contributed by atoms with Crippen LogP contribution in [0.4, 0.5) is 5.69 Å². The summed E-state index contributed by atoms with van der Waals surface area (Å²) in [6.45, 7) is 1.88. The molecule has 0 unspecified atom stereocenters. The first-order valence-corrected chi connectivity index (χ1v) is 8.43. The number of hydrogen-bond donors (Lipinski definition) is 1. The van der Waals surface area contributed by atoms with Crippen molar-refractivity contribution in [1.29, 1.82) is 0 Å². The highest BCUT2D eigenvalue weighted by molar-refractivity contribution is 5.92. The number of nitrogens with one attached hydrogen (secondary N) is 1. The van der Waals surface area contributed by atoms with E-state index in [1.54, 1.807) is 18.5 Å². The Morgan fingerprint density at radius 1 is 1.11 bits per heavy atom. The smallest absolute Gasteiger partial charge is 0.316 e. The van der Waals surface area contributed by atoms with Gasteiger partial charge in [-0.3, -0.25) is 4.79 Å². The number of carbonyl (C=O) groups excluding carboxylic acids is 1. The predicted molar refractivity (Wildman–Crippen MR) is 102 cm³/mol. The molecule has 0 bridgehead atoms. The molecule has 0 radical (unpaired) electrons. The molecule has 7 heteroatoms. The Balaban J connectivity index is 1.42. The van der Waals surface area contributed by atoms with Gasteiger partial charge in [-0.15, -0.1) is 0 Å². The Kier molecular flexibility index (Phi) is 4.49. The molecule has 3 aromatic heterocycles. The van der Waals surface area contributed by atoms with E-state index in [0.29, 0.717) is 5.69 Å². The zero-order valence-electron chi connectivity index (χ0n) is 14.7. The van der Waals surface area contributed by atoms with Gasteiger partial charge in [-0.25, -0.2) is 15.0 Å². The molecule has 0 aliphatic carbocycles. The van der Waals surface area contributed by atoms with Crippen LogP contribution in [0, 0.1) is 6.92 Å². The highest BCUT2D eigenvalue weighted by Gasteiger charge is 2.08. The van der Waals surface area contributed by atoms with Gasteiger partial charge in [0.05, 0.1) is 5.69 Å². The van der Waals surface area contributed by atoms with Gasteiger partial charge in [0.25, 0.3) is 5.91 Å². The van der Waals surface area contributed by atoms with Crippen LogP contribution in [0.5, 0.6) is 6.01 Å². The summed E-state index contributed by atoms with van der Waals surface area (Å²) < 4.78 is 7.23. The van der Waals surface area contributed by atoms with Crippen molar-refractivity contribution in [2.24, 2.45) is 0 Å². The second kappa shape index (κ2) is 7.25. The maximum Gasteiger partial charge on any atom is 0.316 e. The van der Waals surface area contributed by atoms with Crippen molar-refractivity contribution in [2.75, 3.05) is 11.9 Å². The first kappa shape index (κ1) is 16.7. The van der Waals surface area contributed by atoms with Crippen LogP contribution in [0.25, 0.3) is 16.9 Å². The van der Waals surface area contributed by atoms with E-state index in [1.807, 2.05) is 60.1 Å². The van der Waals surface area contributed by atoms with Crippen molar-refractivity contribution >= 4 is 17.2 Å². The Hall–Kier alpha value is -3.74. The second-order valence-corrected chi connectivity index (χ2v) is 5.99. The van der Waals surface area contributed by atoms with Crippen molar-refractivity contribution < 1.29 is 9.53 Å². The average molecular weight is 359 g/mol. The van der Waals surface area contributed by atoms with Crippen molar-refractivity contribution in [2.45, 2.75) is 6.92 Å². The number of amides is 1. The van der Waals surface area contributed by atoms with Crippen LogP contribution < -0.4 is 10.1 Å². The molecule has 7 nitrogen and oxygen atoms in total. The number of ether oxygens (including phenoxy) is 1. The fraction of sp³-hybridized carbons (Fsp3) is 0.100. The number of imidazole rings is 1. The number of anilines is 1. The van der Waals surface area contributed by atoms with Gasteiger partial charge in [0, 0.05) is 36.0 Å². The fourth-order valence-electron chi connectivity index (χ4n) is 2.70. The van der Waals surface area contributed by atoms with E-state index >= 15 is 0 Å². The molecule has 0 saturated heterocycles. The molecule has 4 rings (SSSR count). The summed E-state index contributed by atoms with van der Waals surface area (Å²) in [4.78, 5) is 24.5. The fourth-order valence-corrected chi connectivity index (χ4v) is 2.70. The van der Waals surface area contributed by atoms with E-state index in [-0.39, 0.29) is 18.5 Å². The number of nitrogens with zero attached hydrogens (tertiary/aromatic N) is 4. The number of aromatic nitrogens is 4. The van der Waals surface area contributed by atoms with Gasteiger partial charge < -0.3 is 14.5 Å². The molecular weight excluding hydrogens is 342 g/mol. The lowest BCUT2D eigenvalue weighted by atomic mass is 10.1. The molecule has 3 heterocycles. The number of hydrogen-bond acceptors (Lipinski definition) is 5. The van der Waals surface area contributed by atoms with Gasteiger partial charge >= 0.3 is 6.01 Å².